The summed E-state index contributed by atoms with van der Waals surface area (Å²) in [7, 11) is -4.43. The van der Waals surface area contributed by atoms with Gasteiger partial charge in [0.25, 0.3) is 5.56 Å². The average Bonchev–Trinajstić information content (AvgIpc) is 2.99. The number of ether oxygens (including phenoxy) is 1. The van der Waals surface area contributed by atoms with E-state index in [9.17, 15) is 36.0 Å². The Morgan fingerprint density at radius 3 is 2.32 bits per heavy atom. The van der Waals surface area contributed by atoms with Crippen LogP contribution in [0.3, 0.4) is 0 Å². The van der Waals surface area contributed by atoms with E-state index in [1.54, 1.807) is 6.92 Å². The molecule has 2 N–H and O–H groups in total. The first-order chi connectivity index (χ1) is 20.7. The van der Waals surface area contributed by atoms with Gasteiger partial charge in [0.05, 0.1) is 23.3 Å². The van der Waals surface area contributed by atoms with Crippen LogP contribution in [-0.2, 0) is 32.3 Å². The number of anilines is 1. The molecule has 236 valence electrons. The van der Waals surface area contributed by atoms with Gasteiger partial charge in [-0.05, 0) is 48.2 Å². The summed E-state index contributed by atoms with van der Waals surface area (Å²) in [5.74, 6) is -1.22. The van der Waals surface area contributed by atoms with Crippen LogP contribution in [0.15, 0.2) is 64.4 Å². The first-order valence-corrected chi connectivity index (χ1v) is 15.2. The Bertz CT molecular complexity index is 1660. The second-order valence-corrected chi connectivity index (χ2v) is 12.3. The summed E-state index contributed by atoms with van der Waals surface area (Å²) in [4.78, 5) is 45.8. The number of H-pyrrole nitrogens is 1. The normalized spacial score (nSPS) is 16.2. The summed E-state index contributed by atoms with van der Waals surface area (Å²) in [5.41, 5.74) is -0.239. The molecule has 1 saturated heterocycles. The van der Waals surface area contributed by atoms with Crippen molar-refractivity contribution in [3.05, 3.63) is 87.3 Å². The van der Waals surface area contributed by atoms with Crippen molar-refractivity contribution in [1.82, 2.24) is 19.6 Å². The number of rotatable bonds is 9. The number of carbonyl (C=O) groups is 2. The molecule has 2 heterocycles. The Morgan fingerprint density at radius 1 is 1.09 bits per heavy atom. The number of benzene rings is 2. The molecule has 1 aliphatic rings. The largest absolute Gasteiger partial charge is 0.462 e. The molecule has 0 aliphatic carbocycles. The molecule has 1 aliphatic heterocycles. The highest BCUT2D eigenvalue weighted by Crippen LogP contribution is 2.31. The van der Waals surface area contributed by atoms with Crippen LogP contribution in [0.1, 0.15) is 53.7 Å². The van der Waals surface area contributed by atoms with Gasteiger partial charge in [-0.25, -0.2) is 18.2 Å². The van der Waals surface area contributed by atoms with Gasteiger partial charge in [0.1, 0.15) is 11.6 Å². The number of hydrogen-bond donors (Lipinski definition) is 2. The number of aromatic nitrogens is 2. The highest BCUT2D eigenvalue weighted by Gasteiger charge is 2.41. The van der Waals surface area contributed by atoms with E-state index >= 15 is 0 Å². The van der Waals surface area contributed by atoms with E-state index in [-0.39, 0.29) is 44.3 Å². The summed E-state index contributed by atoms with van der Waals surface area (Å²) < 4.78 is 72.3. The third-order valence-electron chi connectivity index (χ3n) is 7.12. The van der Waals surface area contributed by atoms with Crippen molar-refractivity contribution >= 4 is 27.8 Å². The van der Waals surface area contributed by atoms with Crippen molar-refractivity contribution in [3.8, 4) is 0 Å². The highest BCUT2D eigenvalue weighted by molar-refractivity contribution is 7.89. The van der Waals surface area contributed by atoms with E-state index in [1.807, 2.05) is 38.1 Å². The van der Waals surface area contributed by atoms with Crippen molar-refractivity contribution in [1.29, 1.82) is 0 Å². The van der Waals surface area contributed by atoms with Crippen molar-refractivity contribution in [3.63, 3.8) is 0 Å². The summed E-state index contributed by atoms with van der Waals surface area (Å²) >= 11 is 0. The summed E-state index contributed by atoms with van der Waals surface area (Å²) in [5, 5.41) is 2.75. The number of sulfonamides is 1. The van der Waals surface area contributed by atoms with Gasteiger partial charge >= 0.3 is 12.1 Å². The van der Waals surface area contributed by atoms with Crippen LogP contribution >= 0.6 is 0 Å². The summed E-state index contributed by atoms with van der Waals surface area (Å²) in [6, 6.07) is 9.23. The molecular formula is C29H32F3N5O6S. The lowest BCUT2D eigenvalue weighted by Gasteiger charge is -2.39. The predicted octanol–water partition coefficient (Wildman–Crippen LogP) is 3.28. The molecule has 0 spiro atoms. The minimum atomic E-state index is -4.66. The van der Waals surface area contributed by atoms with Gasteiger partial charge in [-0.2, -0.15) is 17.5 Å². The van der Waals surface area contributed by atoms with E-state index in [1.165, 1.54) is 4.90 Å². The number of halogens is 3. The van der Waals surface area contributed by atoms with Crippen LogP contribution < -0.4 is 15.8 Å². The van der Waals surface area contributed by atoms with Crippen molar-refractivity contribution in [2.75, 3.05) is 31.1 Å². The number of piperazine rings is 1. The number of esters is 1. The fraction of sp³-hybridized carbons (Fsp3) is 0.379. The zero-order valence-electron chi connectivity index (χ0n) is 24.2. The van der Waals surface area contributed by atoms with Crippen LogP contribution in [-0.4, -0.2) is 66.9 Å². The fourth-order valence-corrected chi connectivity index (χ4v) is 6.21. The van der Waals surface area contributed by atoms with E-state index < -0.39 is 50.1 Å². The molecule has 1 fully saturated rings. The van der Waals surface area contributed by atoms with Crippen LogP contribution in [0.2, 0.25) is 0 Å². The molecular weight excluding hydrogens is 603 g/mol. The fourth-order valence-electron chi connectivity index (χ4n) is 4.64. The summed E-state index contributed by atoms with van der Waals surface area (Å²) in [6.45, 7) is 5.28. The minimum Gasteiger partial charge on any atom is -0.462 e. The maximum absolute atomic E-state index is 13.6. The Kier molecular flexibility index (Phi) is 9.78. The van der Waals surface area contributed by atoms with Crippen molar-refractivity contribution < 1.29 is 35.9 Å². The van der Waals surface area contributed by atoms with Crippen LogP contribution in [0.4, 0.5) is 19.1 Å². The molecule has 0 bridgehead atoms. The quantitative estimate of drug-likeness (QED) is 0.342. The van der Waals surface area contributed by atoms with E-state index in [2.05, 4.69) is 15.3 Å². The second kappa shape index (κ2) is 13.2. The van der Waals surface area contributed by atoms with Crippen LogP contribution in [0.5, 0.6) is 0 Å². The van der Waals surface area contributed by atoms with E-state index in [0.29, 0.717) is 18.1 Å². The standard InChI is InChI=1S/C29H32F3N5O6S/c1-4-43-27(40)23-16-34-28(35-25(23)38)36-13-14-37(44(41,42)22-11-9-21(10-12-22)29(30,31)32)24(17-36)26(39)33-15-19-5-7-20(8-6-19)18(2)3/h5-12,16,18,24H,4,13-15,17H2,1-3H3,(H,33,39)(H,34,35,38). The molecule has 4 rings (SSSR count). The van der Waals surface area contributed by atoms with Gasteiger partial charge in [0.15, 0.2) is 0 Å². The molecule has 2 aromatic carbocycles. The summed E-state index contributed by atoms with van der Waals surface area (Å²) in [6.07, 6.45) is -3.62. The molecule has 1 aromatic heterocycles. The number of aromatic amines is 1. The zero-order valence-corrected chi connectivity index (χ0v) is 25.0. The van der Waals surface area contributed by atoms with Crippen LogP contribution in [0.25, 0.3) is 0 Å². The van der Waals surface area contributed by atoms with Gasteiger partial charge in [-0.3, -0.25) is 14.6 Å². The SMILES string of the molecule is CCOC(=O)c1cnc(N2CCN(S(=O)(=O)c3ccc(C(F)(F)F)cc3)C(C(=O)NCc3ccc(C(C)C)cc3)C2)[nH]c1=O. The molecule has 0 saturated carbocycles. The maximum atomic E-state index is 13.6. The molecule has 11 nitrogen and oxygen atoms in total. The molecule has 15 heteroatoms. The Hall–Kier alpha value is -4.24. The van der Waals surface area contributed by atoms with E-state index in [4.69, 9.17) is 4.74 Å². The lowest BCUT2D eigenvalue weighted by Crippen LogP contribution is -2.60. The average molecular weight is 636 g/mol. The van der Waals surface area contributed by atoms with Gasteiger partial charge in [0, 0.05) is 26.2 Å². The minimum absolute atomic E-state index is 0.00305. The zero-order chi connectivity index (χ0) is 32.2. The second-order valence-electron chi connectivity index (χ2n) is 10.4. The molecule has 3 aromatic rings. The predicted molar refractivity (Wildman–Crippen MR) is 155 cm³/mol. The lowest BCUT2D eigenvalue weighted by molar-refractivity contribution is -0.137. The van der Waals surface area contributed by atoms with Gasteiger partial charge in [-0.1, -0.05) is 38.1 Å². The van der Waals surface area contributed by atoms with Crippen LogP contribution in [0, 0.1) is 0 Å². The topological polar surface area (TPSA) is 142 Å². The number of hydrogen-bond acceptors (Lipinski definition) is 8. The van der Waals surface area contributed by atoms with Gasteiger partial charge in [0.2, 0.25) is 21.9 Å². The van der Waals surface area contributed by atoms with Gasteiger partial charge in [-0.15, -0.1) is 0 Å². The lowest BCUT2D eigenvalue weighted by atomic mass is 10.0. The van der Waals surface area contributed by atoms with Crippen molar-refractivity contribution in [2.24, 2.45) is 0 Å². The third kappa shape index (κ3) is 7.27. The number of nitrogens with zero attached hydrogens (tertiary/aromatic N) is 3. The molecule has 1 unspecified atom stereocenters. The number of nitrogens with one attached hydrogen (secondary N) is 2. The molecule has 1 amide bonds. The Morgan fingerprint density at radius 2 is 1.75 bits per heavy atom. The molecule has 1 atom stereocenters. The van der Waals surface area contributed by atoms with Gasteiger partial charge < -0.3 is 15.0 Å². The molecule has 0 radical (unpaired) electrons. The first-order valence-electron chi connectivity index (χ1n) is 13.8. The smallest absolute Gasteiger partial charge is 0.416 e. The van der Waals surface area contributed by atoms with E-state index in [0.717, 1.165) is 33.8 Å². The monoisotopic (exact) mass is 635 g/mol. The Balaban J connectivity index is 1.62. The number of alkyl halides is 3. The molecule has 44 heavy (non-hydrogen) atoms. The number of carbonyl (C=O) groups excluding carboxylic acids is 2. The third-order valence-corrected chi connectivity index (χ3v) is 9.04. The maximum Gasteiger partial charge on any atom is 0.416 e. The highest BCUT2D eigenvalue weighted by atomic mass is 32.2. The Labute approximate surface area is 252 Å². The van der Waals surface area contributed by atoms with Crippen molar-refractivity contribution in [2.45, 2.75) is 50.3 Å². The number of amides is 1. The first kappa shape index (κ1) is 32.7.